The summed E-state index contributed by atoms with van der Waals surface area (Å²) in [7, 11) is 3.86. The first kappa shape index (κ1) is 19.0. The second-order valence-electron chi connectivity index (χ2n) is 5.98. The van der Waals surface area contributed by atoms with E-state index in [0.29, 0.717) is 5.56 Å². The van der Waals surface area contributed by atoms with Gasteiger partial charge in [0.25, 0.3) is 5.91 Å². The van der Waals surface area contributed by atoms with Crippen molar-refractivity contribution < 1.29 is 14.3 Å². The molecule has 0 aliphatic heterocycles. The molecular weight excluding hydrogens is 292 g/mol. The van der Waals surface area contributed by atoms with Gasteiger partial charge in [-0.3, -0.25) is 4.79 Å². The largest absolute Gasteiger partial charge is 0.452 e. The lowest BCUT2D eigenvalue weighted by molar-refractivity contribution is -0.124. The molecule has 0 saturated carbocycles. The van der Waals surface area contributed by atoms with E-state index in [0.717, 1.165) is 31.4 Å². The van der Waals surface area contributed by atoms with Gasteiger partial charge in [0.1, 0.15) is 0 Å². The summed E-state index contributed by atoms with van der Waals surface area (Å²) in [5.74, 6) is -0.739. The standard InChI is InChI=1S/C18H28N2O3/c1-5-6-7-8-14(2)19-17(21)13-23-18(22)15-9-11-16(12-10-15)20(3)4/h9-12,14H,5-8,13H2,1-4H3,(H,19,21)/t14-/m0/s1. The Balaban J connectivity index is 2.36. The number of benzene rings is 1. The number of anilines is 1. The second kappa shape index (κ2) is 9.87. The quantitative estimate of drug-likeness (QED) is 0.561. The lowest BCUT2D eigenvalue weighted by atomic mass is 10.1. The van der Waals surface area contributed by atoms with Gasteiger partial charge in [0.15, 0.2) is 6.61 Å². The van der Waals surface area contributed by atoms with Crippen LogP contribution in [0, 0.1) is 0 Å². The molecule has 1 atom stereocenters. The molecule has 0 aliphatic carbocycles. The third-order valence-electron chi connectivity index (χ3n) is 3.60. The highest BCUT2D eigenvalue weighted by Gasteiger charge is 2.12. The van der Waals surface area contributed by atoms with E-state index >= 15 is 0 Å². The highest BCUT2D eigenvalue weighted by atomic mass is 16.5. The number of amides is 1. The van der Waals surface area contributed by atoms with Crippen LogP contribution in [0.25, 0.3) is 0 Å². The predicted octanol–water partition coefficient (Wildman–Crippen LogP) is 2.99. The van der Waals surface area contributed by atoms with Crippen molar-refractivity contribution in [2.45, 2.75) is 45.6 Å². The second-order valence-corrected chi connectivity index (χ2v) is 5.98. The number of carbonyl (C=O) groups is 2. The first-order valence-corrected chi connectivity index (χ1v) is 8.18. The summed E-state index contributed by atoms with van der Waals surface area (Å²) < 4.78 is 5.05. The Kier molecular flexibility index (Phi) is 8.16. The van der Waals surface area contributed by atoms with Gasteiger partial charge < -0.3 is 15.0 Å². The van der Waals surface area contributed by atoms with E-state index in [1.54, 1.807) is 12.1 Å². The average Bonchev–Trinajstić information content (AvgIpc) is 2.53. The summed E-state index contributed by atoms with van der Waals surface area (Å²) in [6.07, 6.45) is 4.36. The molecule has 0 unspecified atom stereocenters. The van der Waals surface area contributed by atoms with Crippen molar-refractivity contribution in [3.05, 3.63) is 29.8 Å². The first-order chi connectivity index (χ1) is 10.9. The predicted molar refractivity (Wildman–Crippen MR) is 92.8 cm³/mol. The Labute approximate surface area is 139 Å². The van der Waals surface area contributed by atoms with Crippen LogP contribution in [0.4, 0.5) is 5.69 Å². The normalized spacial score (nSPS) is 11.7. The van der Waals surface area contributed by atoms with E-state index in [9.17, 15) is 9.59 Å². The van der Waals surface area contributed by atoms with Crippen molar-refractivity contribution in [2.75, 3.05) is 25.6 Å². The molecule has 0 aliphatic rings. The van der Waals surface area contributed by atoms with Crippen LogP contribution < -0.4 is 10.2 Å². The molecule has 0 radical (unpaired) electrons. The molecular formula is C18H28N2O3. The molecule has 1 rings (SSSR count). The fourth-order valence-electron chi connectivity index (χ4n) is 2.20. The maximum absolute atomic E-state index is 11.9. The Bertz CT molecular complexity index is 497. The van der Waals surface area contributed by atoms with Gasteiger partial charge in [-0.05, 0) is 37.6 Å². The zero-order valence-electron chi connectivity index (χ0n) is 14.6. The Morgan fingerprint density at radius 2 is 1.83 bits per heavy atom. The summed E-state index contributed by atoms with van der Waals surface area (Å²) in [5, 5.41) is 2.85. The summed E-state index contributed by atoms with van der Waals surface area (Å²) in [6, 6.07) is 7.18. The number of hydrogen-bond acceptors (Lipinski definition) is 4. The van der Waals surface area contributed by atoms with E-state index in [4.69, 9.17) is 4.74 Å². The molecule has 0 heterocycles. The number of ether oxygens (including phenoxy) is 1. The van der Waals surface area contributed by atoms with E-state index < -0.39 is 5.97 Å². The lowest BCUT2D eigenvalue weighted by Gasteiger charge is -2.14. The van der Waals surface area contributed by atoms with Crippen LogP contribution in [0.2, 0.25) is 0 Å². The number of nitrogens with one attached hydrogen (secondary N) is 1. The third kappa shape index (κ3) is 7.17. The molecule has 1 amide bonds. The van der Waals surface area contributed by atoms with Crippen LogP contribution in [0.1, 0.15) is 49.9 Å². The number of rotatable bonds is 9. The van der Waals surface area contributed by atoms with Crippen molar-refractivity contribution in [1.82, 2.24) is 5.32 Å². The number of esters is 1. The Hall–Kier alpha value is -2.04. The molecule has 0 aromatic heterocycles. The van der Waals surface area contributed by atoms with Crippen LogP contribution in [0.15, 0.2) is 24.3 Å². The highest BCUT2D eigenvalue weighted by Crippen LogP contribution is 2.12. The van der Waals surface area contributed by atoms with Crippen molar-refractivity contribution in [2.24, 2.45) is 0 Å². The summed E-state index contributed by atoms with van der Waals surface area (Å²) in [4.78, 5) is 25.6. The molecule has 1 aromatic rings. The minimum atomic E-state index is -0.482. The van der Waals surface area contributed by atoms with Crippen molar-refractivity contribution >= 4 is 17.6 Å². The maximum atomic E-state index is 11.9. The summed E-state index contributed by atoms with van der Waals surface area (Å²) in [5.41, 5.74) is 1.44. The van der Waals surface area contributed by atoms with E-state index in [-0.39, 0.29) is 18.6 Å². The monoisotopic (exact) mass is 320 g/mol. The maximum Gasteiger partial charge on any atom is 0.338 e. The van der Waals surface area contributed by atoms with Crippen LogP contribution in [0.3, 0.4) is 0 Å². The molecule has 0 bridgehead atoms. The Morgan fingerprint density at radius 1 is 1.17 bits per heavy atom. The van der Waals surface area contributed by atoms with Gasteiger partial charge >= 0.3 is 5.97 Å². The minimum absolute atomic E-state index is 0.104. The molecule has 0 saturated heterocycles. The lowest BCUT2D eigenvalue weighted by Crippen LogP contribution is -2.35. The van der Waals surface area contributed by atoms with Crippen LogP contribution in [-0.4, -0.2) is 38.6 Å². The molecule has 5 heteroatoms. The van der Waals surface area contributed by atoms with Gasteiger partial charge in [0.05, 0.1) is 5.56 Å². The van der Waals surface area contributed by atoms with Crippen LogP contribution in [0.5, 0.6) is 0 Å². The summed E-state index contributed by atoms with van der Waals surface area (Å²) >= 11 is 0. The molecule has 1 aromatic carbocycles. The van der Waals surface area contributed by atoms with Gasteiger partial charge in [-0.15, -0.1) is 0 Å². The van der Waals surface area contributed by atoms with Crippen molar-refractivity contribution in [3.63, 3.8) is 0 Å². The van der Waals surface area contributed by atoms with Crippen LogP contribution >= 0.6 is 0 Å². The average molecular weight is 320 g/mol. The number of unbranched alkanes of at least 4 members (excludes halogenated alkanes) is 2. The SMILES string of the molecule is CCCCC[C@H](C)NC(=O)COC(=O)c1ccc(N(C)C)cc1. The molecule has 1 N–H and O–H groups in total. The van der Waals surface area contributed by atoms with Crippen molar-refractivity contribution in [3.8, 4) is 0 Å². The van der Waals surface area contributed by atoms with E-state index in [1.165, 1.54) is 0 Å². The van der Waals surface area contributed by atoms with E-state index in [2.05, 4.69) is 12.2 Å². The summed E-state index contributed by atoms with van der Waals surface area (Å²) in [6.45, 7) is 3.87. The Morgan fingerprint density at radius 3 is 2.39 bits per heavy atom. The van der Waals surface area contributed by atoms with Crippen molar-refractivity contribution in [1.29, 1.82) is 0 Å². The molecule has 128 valence electrons. The number of carbonyl (C=O) groups excluding carboxylic acids is 2. The topological polar surface area (TPSA) is 58.6 Å². The zero-order chi connectivity index (χ0) is 17.2. The number of nitrogens with zero attached hydrogens (tertiary/aromatic N) is 1. The van der Waals surface area contributed by atoms with Gasteiger partial charge in [-0.25, -0.2) is 4.79 Å². The van der Waals surface area contributed by atoms with Gasteiger partial charge in [-0.1, -0.05) is 26.2 Å². The molecule has 0 spiro atoms. The van der Waals surface area contributed by atoms with E-state index in [1.807, 2.05) is 38.1 Å². The van der Waals surface area contributed by atoms with Crippen LogP contribution in [-0.2, 0) is 9.53 Å². The van der Waals surface area contributed by atoms with Gasteiger partial charge in [-0.2, -0.15) is 0 Å². The zero-order valence-corrected chi connectivity index (χ0v) is 14.6. The number of hydrogen-bond donors (Lipinski definition) is 1. The van der Waals surface area contributed by atoms with Gasteiger partial charge in [0, 0.05) is 25.8 Å². The molecule has 5 nitrogen and oxygen atoms in total. The minimum Gasteiger partial charge on any atom is -0.452 e. The third-order valence-corrected chi connectivity index (χ3v) is 3.60. The molecule has 0 fully saturated rings. The smallest absolute Gasteiger partial charge is 0.338 e. The first-order valence-electron chi connectivity index (χ1n) is 8.18. The van der Waals surface area contributed by atoms with Gasteiger partial charge in [0.2, 0.25) is 0 Å². The fraction of sp³-hybridized carbons (Fsp3) is 0.556. The highest BCUT2D eigenvalue weighted by molar-refractivity contribution is 5.91. The molecule has 23 heavy (non-hydrogen) atoms. The fourth-order valence-corrected chi connectivity index (χ4v) is 2.20.